The third kappa shape index (κ3) is 5.87. The average Bonchev–Trinajstić information content (AvgIpc) is 2.39. The maximum atomic E-state index is 3.53. The summed E-state index contributed by atoms with van der Waals surface area (Å²) in [6.07, 6.45) is 8.16. The Morgan fingerprint density at radius 3 is 2.71 bits per heavy atom. The van der Waals surface area contributed by atoms with Crippen molar-refractivity contribution in [2.75, 3.05) is 26.2 Å². The van der Waals surface area contributed by atoms with Gasteiger partial charge in [0.25, 0.3) is 0 Å². The molecule has 2 atom stereocenters. The molecule has 2 heteroatoms. The number of rotatable bonds is 8. The maximum absolute atomic E-state index is 3.53. The minimum atomic E-state index is 0.762. The second kappa shape index (κ2) is 8.93. The van der Waals surface area contributed by atoms with Crippen LogP contribution < -0.4 is 5.32 Å². The molecule has 0 aromatic heterocycles. The van der Waals surface area contributed by atoms with E-state index in [0.29, 0.717) is 0 Å². The number of hydrogen-bond acceptors (Lipinski definition) is 2. The average molecular weight is 240 g/mol. The standard InChI is InChI=1S/C15H32N2/c1-4-6-11-17(14(3)5-2)12-9-15-8-7-10-16-13-15/h14-16H,4-13H2,1-3H3. The van der Waals surface area contributed by atoms with Gasteiger partial charge in [-0.05, 0) is 71.1 Å². The van der Waals surface area contributed by atoms with Gasteiger partial charge in [-0.3, -0.25) is 0 Å². The van der Waals surface area contributed by atoms with Crippen LogP contribution in [0.2, 0.25) is 0 Å². The monoisotopic (exact) mass is 240 g/mol. The van der Waals surface area contributed by atoms with Crippen LogP contribution in [0.5, 0.6) is 0 Å². The summed E-state index contributed by atoms with van der Waals surface area (Å²) in [4.78, 5) is 2.71. The minimum Gasteiger partial charge on any atom is -0.316 e. The van der Waals surface area contributed by atoms with Gasteiger partial charge in [0.2, 0.25) is 0 Å². The first kappa shape index (κ1) is 15.0. The molecule has 1 saturated heterocycles. The molecule has 0 saturated carbocycles. The summed E-state index contributed by atoms with van der Waals surface area (Å²) in [5, 5.41) is 3.53. The van der Waals surface area contributed by atoms with Gasteiger partial charge in [0.05, 0.1) is 0 Å². The maximum Gasteiger partial charge on any atom is 0.00643 e. The topological polar surface area (TPSA) is 15.3 Å². The van der Waals surface area contributed by atoms with Gasteiger partial charge in [-0.1, -0.05) is 20.3 Å². The van der Waals surface area contributed by atoms with Crippen molar-refractivity contribution in [1.29, 1.82) is 0 Å². The summed E-state index contributed by atoms with van der Waals surface area (Å²) >= 11 is 0. The predicted molar refractivity (Wildman–Crippen MR) is 76.4 cm³/mol. The lowest BCUT2D eigenvalue weighted by Gasteiger charge is -2.31. The minimum absolute atomic E-state index is 0.762. The summed E-state index contributed by atoms with van der Waals surface area (Å²) in [6, 6.07) is 0.762. The van der Waals surface area contributed by atoms with Crippen molar-refractivity contribution in [3.05, 3.63) is 0 Å². The van der Waals surface area contributed by atoms with E-state index in [2.05, 4.69) is 31.0 Å². The molecule has 2 unspecified atom stereocenters. The smallest absolute Gasteiger partial charge is 0.00643 e. The summed E-state index contributed by atoms with van der Waals surface area (Å²) in [7, 11) is 0. The van der Waals surface area contributed by atoms with Crippen LogP contribution in [-0.2, 0) is 0 Å². The van der Waals surface area contributed by atoms with Crippen LogP contribution in [0, 0.1) is 5.92 Å². The van der Waals surface area contributed by atoms with Gasteiger partial charge in [-0.25, -0.2) is 0 Å². The molecule has 1 fully saturated rings. The zero-order chi connectivity index (χ0) is 12.5. The molecule has 102 valence electrons. The highest BCUT2D eigenvalue weighted by molar-refractivity contribution is 4.73. The summed E-state index contributed by atoms with van der Waals surface area (Å²) in [6.45, 7) is 12.1. The van der Waals surface area contributed by atoms with E-state index >= 15 is 0 Å². The van der Waals surface area contributed by atoms with Gasteiger partial charge in [-0.2, -0.15) is 0 Å². The Kier molecular flexibility index (Phi) is 7.87. The number of piperidine rings is 1. The Balaban J connectivity index is 2.26. The van der Waals surface area contributed by atoms with Gasteiger partial charge in [0.15, 0.2) is 0 Å². The lowest BCUT2D eigenvalue weighted by atomic mass is 9.95. The molecular weight excluding hydrogens is 208 g/mol. The molecule has 0 aliphatic carbocycles. The third-order valence-electron chi connectivity index (χ3n) is 4.24. The van der Waals surface area contributed by atoms with Crippen LogP contribution in [0.4, 0.5) is 0 Å². The van der Waals surface area contributed by atoms with Crippen molar-refractivity contribution < 1.29 is 0 Å². The van der Waals surface area contributed by atoms with E-state index < -0.39 is 0 Å². The van der Waals surface area contributed by atoms with E-state index in [0.717, 1.165) is 12.0 Å². The van der Waals surface area contributed by atoms with Gasteiger partial charge < -0.3 is 10.2 Å². The Hall–Kier alpha value is -0.0800. The normalized spacial score (nSPS) is 22.9. The molecule has 0 aromatic rings. The van der Waals surface area contributed by atoms with Crippen molar-refractivity contribution in [3.8, 4) is 0 Å². The highest BCUT2D eigenvalue weighted by Gasteiger charge is 2.16. The first-order valence-electron chi connectivity index (χ1n) is 7.72. The van der Waals surface area contributed by atoms with Crippen molar-refractivity contribution in [1.82, 2.24) is 10.2 Å². The largest absolute Gasteiger partial charge is 0.316 e. The van der Waals surface area contributed by atoms with Crippen molar-refractivity contribution in [3.63, 3.8) is 0 Å². The highest BCUT2D eigenvalue weighted by atomic mass is 15.1. The molecule has 17 heavy (non-hydrogen) atoms. The molecule has 1 heterocycles. The van der Waals surface area contributed by atoms with Crippen LogP contribution in [0.1, 0.15) is 59.3 Å². The molecule has 2 nitrogen and oxygen atoms in total. The second-order valence-electron chi connectivity index (χ2n) is 5.65. The van der Waals surface area contributed by atoms with E-state index in [4.69, 9.17) is 0 Å². The first-order chi connectivity index (χ1) is 8.27. The van der Waals surface area contributed by atoms with Crippen LogP contribution in [-0.4, -0.2) is 37.1 Å². The molecule has 1 aliphatic heterocycles. The fraction of sp³-hybridized carbons (Fsp3) is 1.00. The lowest BCUT2D eigenvalue weighted by molar-refractivity contribution is 0.180. The van der Waals surface area contributed by atoms with Gasteiger partial charge in [-0.15, -0.1) is 0 Å². The third-order valence-corrected chi connectivity index (χ3v) is 4.24. The van der Waals surface area contributed by atoms with Crippen molar-refractivity contribution >= 4 is 0 Å². The Labute approximate surface area is 108 Å². The van der Waals surface area contributed by atoms with Gasteiger partial charge >= 0.3 is 0 Å². The van der Waals surface area contributed by atoms with Crippen LogP contribution in [0.25, 0.3) is 0 Å². The van der Waals surface area contributed by atoms with E-state index in [1.54, 1.807) is 0 Å². The number of nitrogens with zero attached hydrogens (tertiary/aromatic N) is 1. The summed E-state index contributed by atoms with van der Waals surface area (Å²) < 4.78 is 0. The van der Waals surface area contributed by atoms with E-state index in [1.165, 1.54) is 64.7 Å². The fourth-order valence-corrected chi connectivity index (χ4v) is 2.69. The number of hydrogen-bond donors (Lipinski definition) is 1. The van der Waals surface area contributed by atoms with E-state index in [9.17, 15) is 0 Å². The summed E-state index contributed by atoms with van der Waals surface area (Å²) in [5.41, 5.74) is 0. The second-order valence-corrected chi connectivity index (χ2v) is 5.65. The Morgan fingerprint density at radius 2 is 2.12 bits per heavy atom. The van der Waals surface area contributed by atoms with E-state index in [1.807, 2.05) is 0 Å². The first-order valence-corrected chi connectivity index (χ1v) is 7.72. The molecule has 0 bridgehead atoms. The van der Waals surface area contributed by atoms with Crippen LogP contribution in [0.15, 0.2) is 0 Å². The Bertz CT molecular complexity index is 176. The van der Waals surface area contributed by atoms with Crippen LogP contribution >= 0.6 is 0 Å². The van der Waals surface area contributed by atoms with Gasteiger partial charge in [0.1, 0.15) is 0 Å². The number of nitrogens with one attached hydrogen (secondary N) is 1. The molecule has 1 rings (SSSR count). The zero-order valence-corrected chi connectivity index (χ0v) is 12.2. The lowest BCUT2D eigenvalue weighted by Crippen LogP contribution is -2.37. The van der Waals surface area contributed by atoms with Crippen molar-refractivity contribution in [2.45, 2.75) is 65.3 Å². The summed E-state index contributed by atoms with van der Waals surface area (Å²) in [5.74, 6) is 0.928. The predicted octanol–water partition coefficient (Wildman–Crippen LogP) is 3.28. The molecular formula is C15H32N2. The van der Waals surface area contributed by atoms with Crippen molar-refractivity contribution in [2.24, 2.45) is 5.92 Å². The molecule has 0 aromatic carbocycles. The Morgan fingerprint density at radius 1 is 1.29 bits per heavy atom. The molecule has 0 spiro atoms. The molecule has 0 radical (unpaired) electrons. The van der Waals surface area contributed by atoms with E-state index in [-0.39, 0.29) is 0 Å². The molecule has 1 N–H and O–H groups in total. The molecule has 1 aliphatic rings. The molecule has 0 amide bonds. The highest BCUT2D eigenvalue weighted by Crippen LogP contribution is 2.16. The quantitative estimate of drug-likeness (QED) is 0.700. The number of unbranched alkanes of at least 4 members (excludes halogenated alkanes) is 1. The fourth-order valence-electron chi connectivity index (χ4n) is 2.69. The van der Waals surface area contributed by atoms with Crippen LogP contribution in [0.3, 0.4) is 0 Å². The SMILES string of the molecule is CCCCN(CCC1CCCNC1)C(C)CC. The van der Waals surface area contributed by atoms with Gasteiger partial charge in [0, 0.05) is 6.04 Å². The zero-order valence-electron chi connectivity index (χ0n) is 12.2.